The Morgan fingerprint density at radius 1 is 1.26 bits per heavy atom. The molecule has 0 saturated heterocycles. The molecule has 0 radical (unpaired) electrons. The van der Waals surface area contributed by atoms with E-state index in [1.54, 1.807) is 19.1 Å². The largest absolute Gasteiger partial charge is 0.465 e. The number of fused-ring (bicyclic) bond motifs is 1. The number of ether oxygens (including phenoxy) is 2. The van der Waals surface area contributed by atoms with Crippen LogP contribution in [0.25, 0.3) is 0 Å². The summed E-state index contributed by atoms with van der Waals surface area (Å²) in [4.78, 5) is 13.7. The van der Waals surface area contributed by atoms with E-state index in [1.165, 1.54) is 7.11 Å². The lowest BCUT2D eigenvalue weighted by atomic mass is 10.1. The standard InChI is InChI=1S/C18H19NO4/c1-18(21)12-19(15-6-4-3-5-7-15)11-14-9-8-13(17(20)22-2)10-16(14)23-18/h3-10,21H,11-12H2,1-2H3/t18-/m1/s1. The van der Waals surface area contributed by atoms with Crippen LogP contribution in [0.3, 0.4) is 0 Å². The molecule has 0 fully saturated rings. The Morgan fingerprint density at radius 3 is 2.70 bits per heavy atom. The number of rotatable bonds is 2. The van der Waals surface area contributed by atoms with Crippen molar-refractivity contribution in [2.75, 3.05) is 18.6 Å². The zero-order valence-corrected chi connectivity index (χ0v) is 13.2. The summed E-state index contributed by atoms with van der Waals surface area (Å²) in [5, 5.41) is 10.5. The van der Waals surface area contributed by atoms with Crippen LogP contribution in [0.4, 0.5) is 5.69 Å². The number of esters is 1. The third-order valence-corrected chi connectivity index (χ3v) is 3.78. The van der Waals surface area contributed by atoms with Crippen LogP contribution in [0.15, 0.2) is 48.5 Å². The lowest BCUT2D eigenvalue weighted by Crippen LogP contribution is -2.43. The third kappa shape index (κ3) is 3.29. The molecule has 23 heavy (non-hydrogen) atoms. The summed E-state index contributed by atoms with van der Waals surface area (Å²) in [6, 6.07) is 15.0. The molecule has 2 aromatic carbocycles. The first-order valence-corrected chi connectivity index (χ1v) is 7.41. The van der Waals surface area contributed by atoms with Crippen molar-refractivity contribution < 1.29 is 19.4 Å². The van der Waals surface area contributed by atoms with Gasteiger partial charge in [0, 0.05) is 24.7 Å². The fourth-order valence-corrected chi connectivity index (χ4v) is 2.73. The monoisotopic (exact) mass is 313 g/mol. The van der Waals surface area contributed by atoms with Crippen molar-refractivity contribution in [2.24, 2.45) is 0 Å². The van der Waals surface area contributed by atoms with Crippen LogP contribution in [0, 0.1) is 0 Å². The Morgan fingerprint density at radius 2 is 2.00 bits per heavy atom. The average molecular weight is 313 g/mol. The Labute approximate surface area is 135 Å². The van der Waals surface area contributed by atoms with Gasteiger partial charge in [-0.3, -0.25) is 0 Å². The van der Waals surface area contributed by atoms with Crippen LogP contribution in [-0.2, 0) is 11.3 Å². The maximum Gasteiger partial charge on any atom is 0.337 e. The molecule has 1 aliphatic rings. The maximum absolute atomic E-state index is 11.7. The van der Waals surface area contributed by atoms with Crippen LogP contribution >= 0.6 is 0 Å². The third-order valence-electron chi connectivity index (χ3n) is 3.78. The van der Waals surface area contributed by atoms with Gasteiger partial charge in [0.2, 0.25) is 5.79 Å². The van der Waals surface area contributed by atoms with Gasteiger partial charge in [-0.25, -0.2) is 4.79 Å². The molecule has 1 aliphatic heterocycles. The minimum Gasteiger partial charge on any atom is -0.465 e. The minimum absolute atomic E-state index is 0.319. The van der Waals surface area contributed by atoms with E-state index in [2.05, 4.69) is 0 Å². The number of benzene rings is 2. The second kappa shape index (κ2) is 5.93. The topological polar surface area (TPSA) is 59.0 Å². The molecule has 3 rings (SSSR count). The number of para-hydroxylation sites is 1. The Kier molecular flexibility index (Phi) is 3.96. The van der Waals surface area contributed by atoms with Gasteiger partial charge in [-0.1, -0.05) is 24.3 Å². The molecular weight excluding hydrogens is 294 g/mol. The van der Waals surface area contributed by atoms with E-state index >= 15 is 0 Å². The Balaban J connectivity index is 1.99. The smallest absolute Gasteiger partial charge is 0.337 e. The van der Waals surface area contributed by atoms with E-state index in [4.69, 9.17) is 9.47 Å². The van der Waals surface area contributed by atoms with Gasteiger partial charge >= 0.3 is 5.97 Å². The average Bonchev–Trinajstić information content (AvgIpc) is 2.68. The van der Waals surface area contributed by atoms with E-state index in [0.717, 1.165) is 11.3 Å². The Hall–Kier alpha value is -2.53. The summed E-state index contributed by atoms with van der Waals surface area (Å²) in [6.07, 6.45) is 0. The van der Waals surface area contributed by atoms with Gasteiger partial charge in [0.25, 0.3) is 0 Å². The first-order chi connectivity index (χ1) is 11.0. The molecule has 120 valence electrons. The summed E-state index contributed by atoms with van der Waals surface area (Å²) < 4.78 is 10.5. The van der Waals surface area contributed by atoms with Crippen molar-refractivity contribution in [3.63, 3.8) is 0 Å². The highest BCUT2D eigenvalue weighted by molar-refractivity contribution is 5.90. The normalized spacial score (nSPS) is 20.2. The van der Waals surface area contributed by atoms with Crippen LogP contribution in [-0.4, -0.2) is 30.5 Å². The zero-order chi connectivity index (χ0) is 16.4. The number of β-amino-alcohol motifs (C(OH)–C–C–N with tert-alkyl or cyclic N) is 1. The molecule has 0 spiro atoms. The fraction of sp³-hybridized carbons (Fsp3) is 0.278. The van der Waals surface area contributed by atoms with Gasteiger partial charge < -0.3 is 19.5 Å². The van der Waals surface area contributed by atoms with E-state index in [-0.39, 0.29) is 0 Å². The highest BCUT2D eigenvalue weighted by Gasteiger charge is 2.31. The predicted molar refractivity (Wildman–Crippen MR) is 86.5 cm³/mol. The molecule has 0 amide bonds. The summed E-state index contributed by atoms with van der Waals surface area (Å²) in [5.74, 6) is -1.30. The highest BCUT2D eigenvalue weighted by Crippen LogP contribution is 2.32. The predicted octanol–water partition coefficient (Wildman–Crippen LogP) is 2.58. The van der Waals surface area contributed by atoms with E-state index in [1.807, 2.05) is 41.3 Å². The number of carbonyl (C=O) groups is 1. The van der Waals surface area contributed by atoms with Crippen LogP contribution in [0.1, 0.15) is 22.8 Å². The van der Waals surface area contributed by atoms with Gasteiger partial charge in [0.15, 0.2) is 0 Å². The van der Waals surface area contributed by atoms with Crippen molar-refractivity contribution in [3.8, 4) is 5.75 Å². The molecule has 5 heteroatoms. The van der Waals surface area contributed by atoms with Crippen LogP contribution < -0.4 is 9.64 Å². The molecule has 1 heterocycles. The number of nitrogens with zero attached hydrogens (tertiary/aromatic N) is 1. The number of methoxy groups -OCH3 is 1. The van der Waals surface area contributed by atoms with Gasteiger partial charge in [0.1, 0.15) is 5.75 Å². The molecule has 1 N–H and O–H groups in total. The zero-order valence-electron chi connectivity index (χ0n) is 13.2. The number of hydrogen-bond acceptors (Lipinski definition) is 5. The fourth-order valence-electron chi connectivity index (χ4n) is 2.73. The molecule has 0 aliphatic carbocycles. The first kappa shape index (κ1) is 15.4. The minimum atomic E-state index is -1.37. The first-order valence-electron chi connectivity index (χ1n) is 7.41. The van der Waals surface area contributed by atoms with Gasteiger partial charge in [0.05, 0.1) is 19.2 Å². The van der Waals surface area contributed by atoms with Gasteiger partial charge in [-0.05, 0) is 24.3 Å². The summed E-state index contributed by atoms with van der Waals surface area (Å²) in [5.41, 5.74) is 2.30. The summed E-state index contributed by atoms with van der Waals surface area (Å²) in [6.45, 7) is 2.51. The molecule has 1 atom stereocenters. The van der Waals surface area contributed by atoms with Gasteiger partial charge in [-0.2, -0.15) is 0 Å². The lowest BCUT2D eigenvalue weighted by molar-refractivity contribution is -0.111. The SMILES string of the molecule is COC(=O)c1ccc2c(c1)O[C@@](C)(O)CN(c1ccccc1)C2. The van der Waals surface area contributed by atoms with Crippen molar-refractivity contribution in [1.82, 2.24) is 0 Å². The van der Waals surface area contributed by atoms with E-state index in [0.29, 0.717) is 24.4 Å². The number of carbonyl (C=O) groups excluding carboxylic acids is 1. The number of anilines is 1. The molecule has 0 saturated carbocycles. The summed E-state index contributed by atoms with van der Waals surface area (Å²) in [7, 11) is 1.34. The van der Waals surface area contributed by atoms with Crippen LogP contribution in [0.5, 0.6) is 5.75 Å². The van der Waals surface area contributed by atoms with E-state index < -0.39 is 11.8 Å². The maximum atomic E-state index is 11.7. The second-order valence-electron chi connectivity index (χ2n) is 5.78. The van der Waals surface area contributed by atoms with Crippen molar-refractivity contribution >= 4 is 11.7 Å². The number of aliphatic hydroxyl groups is 1. The summed E-state index contributed by atoms with van der Waals surface area (Å²) >= 11 is 0. The molecule has 0 bridgehead atoms. The lowest BCUT2D eigenvalue weighted by Gasteiger charge is -2.29. The van der Waals surface area contributed by atoms with Crippen LogP contribution in [0.2, 0.25) is 0 Å². The Bertz CT molecular complexity index is 712. The second-order valence-corrected chi connectivity index (χ2v) is 5.78. The van der Waals surface area contributed by atoms with E-state index in [9.17, 15) is 9.90 Å². The molecule has 5 nitrogen and oxygen atoms in total. The van der Waals surface area contributed by atoms with Crippen molar-refractivity contribution in [2.45, 2.75) is 19.3 Å². The highest BCUT2D eigenvalue weighted by atomic mass is 16.6. The molecule has 0 unspecified atom stereocenters. The van der Waals surface area contributed by atoms with Crippen molar-refractivity contribution in [1.29, 1.82) is 0 Å². The molecule has 2 aromatic rings. The van der Waals surface area contributed by atoms with Gasteiger partial charge in [-0.15, -0.1) is 0 Å². The quantitative estimate of drug-likeness (QED) is 0.864. The molecular formula is C18H19NO4. The number of hydrogen-bond donors (Lipinski definition) is 1. The molecule has 0 aromatic heterocycles. The van der Waals surface area contributed by atoms with Crippen molar-refractivity contribution in [3.05, 3.63) is 59.7 Å².